The number of allylic oxidation sites excluding steroid dienone is 2. The van der Waals surface area contributed by atoms with Crippen LogP contribution in [0.3, 0.4) is 0 Å². The normalized spacial score (nSPS) is 16.9. The van der Waals surface area contributed by atoms with Crippen LogP contribution >= 0.6 is 0 Å². The van der Waals surface area contributed by atoms with Crippen molar-refractivity contribution in [1.29, 1.82) is 0 Å². The molecule has 0 amide bonds. The highest BCUT2D eigenvalue weighted by Crippen LogP contribution is 2.30. The maximum Gasteiger partial charge on any atom is 0.0919 e. The van der Waals surface area contributed by atoms with Gasteiger partial charge in [0.15, 0.2) is 0 Å². The Morgan fingerprint density at radius 1 is 1.33 bits per heavy atom. The molecule has 0 bridgehead atoms. The van der Waals surface area contributed by atoms with E-state index in [1.807, 2.05) is 0 Å². The first kappa shape index (κ1) is 14.5. The van der Waals surface area contributed by atoms with Crippen molar-refractivity contribution in [2.45, 2.75) is 47.0 Å². The van der Waals surface area contributed by atoms with Crippen molar-refractivity contribution in [3.8, 4) is 0 Å². The van der Waals surface area contributed by atoms with Crippen LogP contribution in [0.2, 0.25) is 0 Å². The summed E-state index contributed by atoms with van der Waals surface area (Å²) in [7, 11) is 1.76. The Balaban J connectivity index is 4.75. The number of hydrogen-bond donors (Lipinski definition) is 1. The molecule has 0 aliphatic carbocycles. The topological polar surface area (TPSA) is 35.2 Å². The molecular weight excluding hydrogens is 186 g/mol. The van der Waals surface area contributed by atoms with Gasteiger partial charge in [0.1, 0.15) is 0 Å². The summed E-state index contributed by atoms with van der Waals surface area (Å²) in [4.78, 5) is 0. The summed E-state index contributed by atoms with van der Waals surface area (Å²) in [6, 6.07) is 0. The molecule has 0 radical (unpaired) electrons. The van der Waals surface area contributed by atoms with Crippen molar-refractivity contribution in [2.75, 3.05) is 13.7 Å². The van der Waals surface area contributed by atoms with Gasteiger partial charge in [0.2, 0.25) is 0 Å². The molecule has 90 valence electrons. The van der Waals surface area contributed by atoms with Crippen molar-refractivity contribution in [1.82, 2.24) is 0 Å². The summed E-state index contributed by atoms with van der Waals surface area (Å²) in [5, 5.41) is 0. The summed E-state index contributed by atoms with van der Waals surface area (Å²) >= 11 is 0. The SMILES string of the molecule is CC/C(=C(\C)OC)C(CC)C(C)CCN. The van der Waals surface area contributed by atoms with Gasteiger partial charge in [-0.1, -0.05) is 20.8 Å². The third-order valence-electron chi connectivity index (χ3n) is 3.34. The second-order valence-corrected chi connectivity index (χ2v) is 4.21. The highest BCUT2D eigenvalue weighted by atomic mass is 16.5. The second kappa shape index (κ2) is 7.75. The van der Waals surface area contributed by atoms with Gasteiger partial charge < -0.3 is 10.5 Å². The lowest BCUT2D eigenvalue weighted by atomic mass is 9.81. The molecular formula is C13H27NO. The first-order valence-electron chi connectivity index (χ1n) is 6.05. The number of methoxy groups -OCH3 is 1. The minimum atomic E-state index is 0.624. The molecule has 0 heterocycles. The molecule has 0 saturated heterocycles. The first-order valence-corrected chi connectivity index (χ1v) is 6.05. The maximum atomic E-state index is 5.62. The molecule has 0 aliphatic heterocycles. The van der Waals surface area contributed by atoms with Crippen molar-refractivity contribution >= 4 is 0 Å². The standard InChI is InChI=1S/C13H27NO/c1-6-12(10(3)8-9-14)13(7-2)11(4)15-5/h10,12H,6-9,14H2,1-5H3/b13-11-. The van der Waals surface area contributed by atoms with E-state index in [9.17, 15) is 0 Å². The molecule has 0 fully saturated rings. The van der Waals surface area contributed by atoms with Crippen LogP contribution in [0.4, 0.5) is 0 Å². The van der Waals surface area contributed by atoms with Gasteiger partial charge >= 0.3 is 0 Å². The van der Waals surface area contributed by atoms with E-state index in [4.69, 9.17) is 10.5 Å². The van der Waals surface area contributed by atoms with Crippen LogP contribution in [0.5, 0.6) is 0 Å². The minimum absolute atomic E-state index is 0.624. The molecule has 2 heteroatoms. The molecule has 0 aromatic rings. The molecule has 2 unspecified atom stereocenters. The van der Waals surface area contributed by atoms with Gasteiger partial charge in [-0.25, -0.2) is 0 Å². The summed E-state index contributed by atoms with van der Waals surface area (Å²) in [5.41, 5.74) is 7.08. The van der Waals surface area contributed by atoms with Gasteiger partial charge in [-0.05, 0) is 50.1 Å². The first-order chi connectivity index (χ1) is 7.12. The van der Waals surface area contributed by atoms with Crippen LogP contribution < -0.4 is 5.73 Å². The molecule has 0 aliphatic rings. The van der Waals surface area contributed by atoms with Crippen molar-refractivity contribution in [3.63, 3.8) is 0 Å². The Labute approximate surface area is 94.9 Å². The van der Waals surface area contributed by atoms with Gasteiger partial charge in [-0.15, -0.1) is 0 Å². The molecule has 0 aromatic carbocycles. The average molecular weight is 213 g/mol. The fraction of sp³-hybridized carbons (Fsp3) is 0.846. The lowest BCUT2D eigenvalue weighted by molar-refractivity contribution is 0.269. The van der Waals surface area contributed by atoms with Crippen LogP contribution in [-0.2, 0) is 4.74 Å². The molecule has 15 heavy (non-hydrogen) atoms. The largest absolute Gasteiger partial charge is 0.501 e. The zero-order valence-corrected chi connectivity index (χ0v) is 11.0. The summed E-state index contributed by atoms with van der Waals surface area (Å²) < 4.78 is 5.36. The molecule has 0 saturated carbocycles. The monoisotopic (exact) mass is 213 g/mol. The van der Waals surface area contributed by atoms with Crippen molar-refractivity contribution < 1.29 is 4.74 Å². The lowest BCUT2D eigenvalue weighted by Crippen LogP contribution is -2.18. The van der Waals surface area contributed by atoms with Crippen LogP contribution in [-0.4, -0.2) is 13.7 Å². The third kappa shape index (κ3) is 4.25. The number of rotatable bonds is 7. The van der Waals surface area contributed by atoms with E-state index >= 15 is 0 Å². The molecule has 2 N–H and O–H groups in total. The second-order valence-electron chi connectivity index (χ2n) is 4.21. The molecule has 2 atom stereocenters. The van der Waals surface area contributed by atoms with E-state index in [-0.39, 0.29) is 0 Å². The van der Waals surface area contributed by atoms with Gasteiger partial charge in [0.25, 0.3) is 0 Å². The van der Waals surface area contributed by atoms with Gasteiger partial charge in [-0.2, -0.15) is 0 Å². The fourth-order valence-corrected chi connectivity index (χ4v) is 2.36. The minimum Gasteiger partial charge on any atom is -0.501 e. The quantitative estimate of drug-likeness (QED) is 0.658. The molecule has 2 nitrogen and oxygen atoms in total. The Hall–Kier alpha value is -0.500. The van der Waals surface area contributed by atoms with Crippen LogP contribution in [0, 0.1) is 11.8 Å². The Kier molecular flexibility index (Phi) is 7.49. The summed E-state index contributed by atoms with van der Waals surface area (Å²) in [5.74, 6) is 2.37. The number of nitrogens with two attached hydrogens (primary N) is 1. The third-order valence-corrected chi connectivity index (χ3v) is 3.34. The predicted octanol–water partition coefficient (Wildman–Crippen LogP) is 3.33. The van der Waals surface area contributed by atoms with Crippen molar-refractivity contribution in [2.24, 2.45) is 17.6 Å². The zero-order chi connectivity index (χ0) is 11.8. The van der Waals surface area contributed by atoms with E-state index in [1.165, 1.54) is 12.0 Å². The summed E-state index contributed by atoms with van der Waals surface area (Å²) in [6.07, 6.45) is 3.34. The lowest BCUT2D eigenvalue weighted by Gasteiger charge is -2.26. The Bertz CT molecular complexity index is 199. The van der Waals surface area contributed by atoms with Crippen LogP contribution in [0.15, 0.2) is 11.3 Å². The van der Waals surface area contributed by atoms with E-state index in [1.54, 1.807) is 7.11 Å². The Morgan fingerprint density at radius 2 is 1.93 bits per heavy atom. The number of hydrogen-bond acceptors (Lipinski definition) is 2. The molecule has 0 aromatic heterocycles. The van der Waals surface area contributed by atoms with E-state index in [0.717, 1.165) is 25.1 Å². The zero-order valence-electron chi connectivity index (χ0n) is 11.0. The van der Waals surface area contributed by atoms with Crippen molar-refractivity contribution in [3.05, 3.63) is 11.3 Å². The molecule has 0 rings (SSSR count). The molecule has 0 spiro atoms. The summed E-state index contributed by atoms with van der Waals surface area (Å²) in [6.45, 7) is 9.59. The van der Waals surface area contributed by atoms with Crippen LogP contribution in [0.25, 0.3) is 0 Å². The van der Waals surface area contributed by atoms with E-state index in [2.05, 4.69) is 27.7 Å². The average Bonchev–Trinajstić information content (AvgIpc) is 2.24. The highest BCUT2D eigenvalue weighted by Gasteiger charge is 2.20. The van der Waals surface area contributed by atoms with Gasteiger partial charge in [0.05, 0.1) is 12.9 Å². The van der Waals surface area contributed by atoms with E-state index in [0.29, 0.717) is 11.8 Å². The predicted molar refractivity (Wildman–Crippen MR) is 66.6 cm³/mol. The van der Waals surface area contributed by atoms with E-state index < -0.39 is 0 Å². The maximum absolute atomic E-state index is 5.62. The van der Waals surface area contributed by atoms with Gasteiger partial charge in [-0.3, -0.25) is 0 Å². The van der Waals surface area contributed by atoms with Gasteiger partial charge in [0, 0.05) is 0 Å². The highest BCUT2D eigenvalue weighted by molar-refractivity contribution is 5.11. The Morgan fingerprint density at radius 3 is 2.27 bits per heavy atom. The smallest absolute Gasteiger partial charge is 0.0919 e. The van der Waals surface area contributed by atoms with Crippen LogP contribution in [0.1, 0.15) is 47.0 Å². The fourth-order valence-electron chi connectivity index (χ4n) is 2.36. The number of ether oxygens (including phenoxy) is 1.